The van der Waals surface area contributed by atoms with Crippen molar-refractivity contribution in [1.82, 2.24) is 0 Å². The smallest absolute Gasteiger partial charge is 0.307 e. The van der Waals surface area contributed by atoms with Gasteiger partial charge in [-0.05, 0) is 53.8 Å². The summed E-state index contributed by atoms with van der Waals surface area (Å²) < 4.78 is 0. The van der Waals surface area contributed by atoms with Crippen molar-refractivity contribution in [3.63, 3.8) is 0 Å². The van der Waals surface area contributed by atoms with E-state index in [0.717, 1.165) is 19.3 Å². The molecule has 0 aromatic heterocycles. The van der Waals surface area contributed by atoms with Crippen LogP contribution in [0.3, 0.4) is 0 Å². The van der Waals surface area contributed by atoms with Crippen molar-refractivity contribution in [1.29, 1.82) is 0 Å². The lowest BCUT2D eigenvalue weighted by atomic mass is 9.35. The minimum Gasteiger partial charge on any atom is -0.481 e. The second-order valence-electron chi connectivity index (χ2n) is 7.71. The van der Waals surface area contributed by atoms with Crippen molar-refractivity contribution in [2.45, 2.75) is 40.0 Å². The molecule has 4 nitrogen and oxygen atoms in total. The number of hydrogen-bond acceptors (Lipinski definition) is 3. The molecule has 19 heavy (non-hydrogen) atoms. The van der Waals surface area contributed by atoms with Crippen molar-refractivity contribution in [2.24, 2.45) is 40.4 Å². The van der Waals surface area contributed by atoms with Crippen molar-refractivity contribution in [3.8, 4) is 0 Å². The molecule has 7 unspecified atom stereocenters. The van der Waals surface area contributed by atoms with Crippen LogP contribution in [0.1, 0.15) is 40.0 Å². The molecule has 0 aliphatic heterocycles. The highest BCUT2D eigenvalue weighted by Gasteiger charge is 2.67. The molecule has 0 amide bonds. The number of carbonyl (C=O) groups is 1. The van der Waals surface area contributed by atoms with Crippen molar-refractivity contribution >= 4 is 5.97 Å². The number of rotatable bonds is 3. The normalized spacial score (nSPS) is 55.5. The molecule has 0 radical (unpaired) electrons. The highest BCUT2D eigenvalue weighted by molar-refractivity contribution is 5.72. The molecule has 0 aromatic carbocycles. The summed E-state index contributed by atoms with van der Waals surface area (Å²) in [6.45, 7) is 6.95. The van der Waals surface area contributed by atoms with E-state index in [2.05, 4.69) is 25.7 Å². The molecule has 7 atom stereocenters. The van der Waals surface area contributed by atoms with E-state index in [1.54, 1.807) is 0 Å². The van der Waals surface area contributed by atoms with E-state index in [9.17, 15) is 9.90 Å². The van der Waals surface area contributed by atoms with Crippen molar-refractivity contribution < 1.29 is 20.0 Å². The second-order valence-corrected chi connectivity index (χ2v) is 7.71. The third-order valence-corrected chi connectivity index (χ3v) is 6.91. The Morgan fingerprint density at radius 3 is 2.68 bits per heavy atom. The molecule has 0 aromatic rings. The van der Waals surface area contributed by atoms with Gasteiger partial charge in [0.15, 0.2) is 0 Å². The average molecular weight is 268 g/mol. The SMILES string of the molecule is CC1C2CC3C(COO)C(C)(C2)CC1(C)C3C(=O)O. The van der Waals surface area contributed by atoms with Crippen LogP contribution in [-0.2, 0) is 9.68 Å². The van der Waals surface area contributed by atoms with Crippen molar-refractivity contribution in [2.75, 3.05) is 6.61 Å². The second kappa shape index (κ2) is 3.95. The van der Waals surface area contributed by atoms with Gasteiger partial charge in [-0.25, -0.2) is 4.89 Å². The molecule has 4 bridgehead atoms. The predicted molar refractivity (Wildman–Crippen MR) is 69.4 cm³/mol. The summed E-state index contributed by atoms with van der Waals surface area (Å²) in [4.78, 5) is 16.2. The molecule has 0 saturated heterocycles. The molecule has 108 valence electrons. The van der Waals surface area contributed by atoms with E-state index in [4.69, 9.17) is 5.26 Å². The standard InChI is InChI=1S/C15H24O4/c1-8-9-4-10-11(6-19-18)14(2,5-9)7-15(8,3)12(10)13(16)17/h8-12,18H,4-7H2,1-3H3,(H,16,17). The van der Waals surface area contributed by atoms with Crippen LogP contribution in [0.15, 0.2) is 0 Å². The van der Waals surface area contributed by atoms with Crippen LogP contribution in [0.4, 0.5) is 0 Å². The Labute approximate surface area is 114 Å². The van der Waals surface area contributed by atoms with Gasteiger partial charge in [0.05, 0.1) is 12.5 Å². The van der Waals surface area contributed by atoms with Crippen LogP contribution < -0.4 is 0 Å². The van der Waals surface area contributed by atoms with Gasteiger partial charge in [-0.15, -0.1) is 0 Å². The summed E-state index contributed by atoms with van der Waals surface area (Å²) in [5, 5.41) is 18.6. The zero-order valence-electron chi connectivity index (χ0n) is 11.9. The first-order valence-corrected chi connectivity index (χ1v) is 7.32. The van der Waals surface area contributed by atoms with Crippen LogP contribution in [-0.4, -0.2) is 22.9 Å². The lowest BCUT2D eigenvalue weighted by Crippen LogP contribution is -2.65. The van der Waals surface area contributed by atoms with E-state index >= 15 is 0 Å². The van der Waals surface area contributed by atoms with Gasteiger partial charge in [0, 0.05) is 0 Å². The van der Waals surface area contributed by atoms with E-state index in [0.29, 0.717) is 11.8 Å². The average Bonchev–Trinajstić information content (AvgIpc) is 2.28. The Hall–Kier alpha value is -0.610. The summed E-state index contributed by atoms with van der Waals surface area (Å²) in [5.74, 6) is 0.504. The van der Waals surface area contributed by atoms with E-state index in [1.165, 1.54) is 0 Å². The van der Waals surface area contributed by atoms with Crippen LogP contribution in [0, 0.1) is 40.4 Å². The minimum absolute atomic E-state index is 0.0988. The molecule has 0 spiro atoms. The first-order valence-electron chi connectivity index (χ1n) is 7.32. The van der Waals surface area contributed by atoms with E-state index in [-0.39, 0.29) is 35.2 Å². The summed E-state index contributed by atoms with van der Waals surface area (Å²) in [5.41, 5.74) is 0.0297. The zero-order chi connectivity index (χ0) is 14.0. The molecular weight excluding hydrogens is 244 g/mol. The van der Waals surface area contributed by atoms with Gasteiger partial charge in [0.25, 0.3) is 0 Å². The molecular formula is C15H24O4. The third kappa shape index (κ3) is 1.56. The first-order chi connectivity index (χ1) is 8.83. The zero-order valence-corrected chi connectivity index (χ0v) is 11.9. The molecule has 0 heterocycles. The molecule has 4 rings (SSSR count). The Morgan fingerprint density at radius 2 is 2.11 bits per heavy atom. The highest BCUT2D eigenvalue weighted by Crippen LogP contribution is 2.71. The van der Waals surface area contributed by atoms with Gasteiger partial charge in [-0.1, -0.05) is 20.8 Å². The molecule has 2 N–H and O–H groups in total. The number of hydrogen-bond donors (Lipinski definition) is 2. The Morgan fingerprint density at radius 1 is 1.42 bits per heavy atom. The minimum atomic E-state index is -0.662. The van der Waals surface area contributed by atoms with Crippen molar-refractivity contribution in [3.05, 3.63) is 0 Å². The molecule has 4 fully saturated rings. The fraction of sp³-hybridized carbons (Fsp3) is 0.933. The lowest BCUT2D eigenvalue weighted by Gasteiger charge is -2.69. The predicted octanol–water partition coefficient (Wildman–Crippen LogP) is 2.89. The number of aliphatic carboxylic acids is 1. The van der Waals surface area contributed by atoms with Crippen LogP contribution in [0.5, 0.6) is 0 Å². The van der Waals surface area contributed by atoms with E-state index in [1.807, 2.05) is 0 Å². The molecule has 4 heteroatoms. The number of carboxylic acids is 1. The summed E-state index contributed by atoms with van der Waals surface area (Å²) in [7, 11) is 0. The van der Waals surface area contributed by atoms with Crippen LogP contribution in [0.2, 0.25) is 0 Å². The Bertz CT molecular complexity index is 409. The molecule has 4 saturated carbocycles. The third-order valence-electron chi connectivity index (χ3n) is 6.91. The summed E-state index contributed by atoms with van der Waals surface area (Å²) in [6.07, 6.45) is 3.08. The van der Waals surface area contributed by atoms with Gasteiger partial charge in [-0.3, -0.25) is 10.1 Å². The Kier molecular flexibility index (Phi) is 2.78. The first kappa shape index (κ1) is 13.4. The van der Waals surface area contributed by atoms with Crippen LogP contribution >= 0.6 is 0 Å². The quantitative estimate of drug-likeness (QED) is 0.610. The fourth-order valence-corrected chi connectivity index (χ4v) is 6.14. The van der Waals surface area contributed by atoms with Crippen LogP contribution in [0.25, 0.3) is 0 Å². The maximum atomic E-state index is 11.8. The van der Waals surface area contributed by atoms with Gasteiger partial charge >= 0.3 is 5.97 Å². The summed E-state index contributed by atoms with van der Waals surface area (Å²) in [6, 6.07) is 0. The number of carboxylic acid groups (broad SMARTS) is 1. The molecule has 4 aliphatic rings. The Balaban J connectivity index is 2.04. The molecule has 4 aliphatic carbocycles. The maximum absolute atomic E-state index is 11.8. The van der Waals surface area contributed by atoms with Gasteiger partial charge < -0.3 is 5.11 Å². The maximum Gasteiger partial charge on any atom is 0.307 e. The highest BCUT2D eigenvalue weighted by atomic mass is 17.1. The monoisotopic (exact) mass is 268 g/mol. The summed E-state index contributed by atoms with van der Waals surface area (Å²) >= 11 is 0. The largest absolute Gasteiger partial charge is 0.481 e. The van der Waals surface area contributed by atoms with Gasteiger partial charge in [0.2, 0.25) is 0 Å². The topological polar surface area (TPSA) is 66.8 Å². The fourth-order valence-electron chi connectivity index (χ4n) is 6.14. The van der Waals surface area contributed by atoms with Gasteiger partial charge in [0.1, 0.15) is 0 Å². The van der Waals surface area contributed by atoms with Gasteiger partial charge in [-0.2, -0.15) is 0 Å². The lowest BCUT2D eigenvalue weighted by molar-refractivity contribution is -0.292. The van der Waals surface area contributed by atoms with E-state index < -0.39 is 5.97 Å².